The van der Waals surface area contributed by atoms with Crippen molar-refractivity contribution in [1.82, 2.24) is 0 Å². The molecule has 0 radical (unpaired) electrons. The van der Waals surface area contributed by atoms with Crippen molar-refractivity contribution in [3.63, 3.8) is 0 Å². The molecule has 0 aliphatic carbocycles. The number of non-ortho nitro benzene ring substituents is 1. The van der Waals surface area contributed by atoms with Crippen LogP contribution in [0.1, 0.15) is 38.7 Å². The average Bonchev–Trinajstić information content (AvgIpc) is 2.29. The van der Waals surface area contributed by atoms with Gasteiger partial charge in [-0.25, -0.2) is 0 Å². The summed E-state index contributed by atoms with van der Waals surface area (Å²) >= 11 is 0. The van der Waals surface area contributed by atoms with Crippen molar-refractivity contribution in [2.75, 3.05) is 0 Å². The summed E-state index contributed by atoms with van der Waals surface area (Å²) in [7, 11) is 0. The summed E-state index contributed by atoms with van der Waals surface area (Å²) in [6, 6.07) is 6.26. The molecule has 4 heteroatoms. The Morgan fingerprint density at radius 3 is 2.18 bits per heavy atom. The standard InChI is InChI=1S/C13H17NO3/c1-4-12(15)13(9(2)3)10-5-7-11(8-6-10)14(16)17/h5-9,13H,4H2,1-3H3. The fraction of sp³-hybridized carbons (Fsp3) is 0.462. The van der Waals surface area contributed by atoms with Crippen LogP contribution in [-0.2, 0) is 4.79 Å². The van der Waals surface area contributed by atoms with E-state index >= 15 is 0 Å². The molecule has 1 unspecified atom stereocenters. The molecule has 4 nitrogen and oxygen atoms in total. The predicted molar refractivity (Wildman–Crippen MR) is 66.0 cm³/mol. The maximum atomic E-state index is 11.8. The van der Waals surface area contributed by atoms with E-state index in [-0.39, 0.29) is 23.3 Å². The van der Waals surface area contributed by atoms with E-state index in [1.807, 2.05) is 20.8 Å². The first-order chi connectivity index (χ1) is 7.97. The number of carbonyl (C=O) groups is 1. The molecule has 0 saturated heterocycles. The molecule has 0 aromatic heterocycles. The third-order valence-corrected chi connectivity index (χ3v) is 2.83. The molecule has 0 fully saturated rings. The topological polar surface area (TPSA) is 60.2 Å². The summed E-state index contributed by atoms with van der Waals surface area (Å²) in [6.07, 6.45) is 0.486. The normalized spacial score (nSPS) is 12.5. The fourth-order valence-electron chi connectivity index (χ4n) is 1.97. The highest BCUT2D eigenvalue weighted by Crippen LogP contribution is 2.27. The first-order valence-electron chi connectivity index (χ1n) is 5.74. The molecule has 0 spiro atoms. The SMILES string of the molecule is CCC(=O)C(c1ccc([N+](=O)[O-])cc1)C(C)C. The zero-order valence-corrected chi connectivity index (χ0v) is 10.3. The lowest BCUT2D eigenvalue weighted by molar-refractivity contribution is -0.384. The minimum absolute atomic E-state index is 0.0557. The van der Waals surface area contributed by atoms with E-state index in [9.17, 15) is 14.9 Å². The van der Waals surface area contributed by atoms with E-state index in [0.29, 0.717) is 6.42 Å². The van der Waals surface area contributed by atoms with Crippen molar-refractivity contribution in [1.29, 1.82) is 0 Å². The van der Waals surface area contributed by atoms with Crippen LogP contribution in [0.25, 0.3) is 0 Å². The third kappa shape index (κ3) is 3.12. The number of carbonyl (C=O) groups excluding carboxylic acids is 1. The largest absolute Gasteiger partial charge is 0.299 e. The van der Waals surface area contributed by atoms with Crippen molar-refractivity contribution in [2.45, 2.75) is 33.1 Å². The predicted octanol–water partition coefficient (Wildman–Crippen LogP) is 3.31. The van der Waals surface area contributed by atoms with Gasteiger partial charge in [-0.3, -0.25) is 14.9 Å². The van der Waals surface area contributed by atoms with Gasteiger partial charge >= 0.3 is 0 Å². The molecule has 0 aliphatic rings. The molecule has 1 rings (SSSR count). The number of hydrogen-bond donors (Lipinski definition) is 0. The zero-order chi connectivity index (χ0) is 13.0. The molecule has 1 aromatic carbocycles. The van der Waals surface area contributed by atoms with Crippen LogP contribution < -0.4 is 0 Å². The average molecular weight is 235 g/mol. The number of ketones is 1. The molecule has 1 atom stereocenters. The van der Waals surface area contributed by atoms with Gasteiger partial charge in [-0.1, -0.05) is 32.9 Å². The minimum atomic E-state index is -0.435. The quantitative estimate of drug-likeness (QED) is 0.581. The Morgan fingerprint density at radius 1 is 1.29 bits per heavy atom. The van der Waals surface area contributed by atoms with Crippen molar-refractivity contribution >= 4 is 11.5 Å². The maximum Gasteiger partial charge on any atom is 0.269 e. The number of hydrogen-bond acceptors (Lipinski definition) is 3. The number of nitro benzene ring substituents is 1. The van der Waals surface area contributed by atoms with Crippen molar-refractivity contribution in [2.24, 2.45) is 5.92 Å². The Bertz CT molecular complexity index is 409. The molecule has 1 aromatic rings. The van der Waals surface area contributed by atoms with Crippen LogP contribution in [0.4, 0.5) is 5.69 Å². The molecule has 92 valence electrons. The van der Waals surface area contributed by atoms with Crippen molar-refractivity contribution in [3.8, 4) is 0 Å². The first kappa shape index (κ1) is 13.4. The Hall–Kier alpha value is -1.71. The Morgan fingerprint density at radius 2 is 1.82 bits per heavy atom. The van der Waals surface area contributed by atoms with Crippen LogP contribution in [0, 0.1) is 16.0 Å². The van der Waals surface area contributed by atoms with Crippen LogP contribution in [-0.4, -0.2) is 10.7 Å². The van der Waals surface area contributed by atoms with E-state index in [2.05, 4.69) is 0 Å². The number of nitrogens with zero attached hydrogens (tertiary/aromatic N) is 1. The number of benzene rings is 1. The summed E-state index contributed by atoms with van der Waals surface area (Å²) < 4.78 is 0. The van der Waals surface area contributed by atoms with Crippen LogP contribution >= 0.6 is 0 Å². The molecular formula is C13H17NO3. The summed E-state index contributed by atoms with van der Waals surface area (Å²) in [5.41, 5.74) is 0.914. The molecule has 0 bridgehead atoms. The summed E-state index contributed by atoms with van der Waals surface area (Å²) in [6.45, 7) is 5.81. The second kappa shape index (κ2) is 5.57. The van der Waals surface area contributed by atoms with E-state index in [4.69, 9.17) is 0 Å². The van der Waals surface area contributed by atoms with E-state index in [1.165, 1.54) is 12.1 Å². The lowest BCUT2D eigenvalue weighted by atomic mass is 9.84. The van der Waals surface area contributed by atoms with Gasteiger partial charge in [0.25, 0.3) is 5.69 Å². The van der Waals surface area contributed by atoms with Gasteiger partial charge in [-0.05, 0) is 11.5 Å². The van der Waals surface area contributed by atoms with Crippen LogP contribution in [0.3, 0.4) is 0 Å². The van der Waals surface area contributed by atoms with Gasteiger partial charge in [0.2, 0.25) is 0 Å². The zero-order valence-electron chi connectivity index (χ0n) is 10.3. The maximum absolute atomic E-state index is 11.8. The monoisotopic (exact) mass is 235 g/mol. The number of Topliss-reactive ketones (excluding diaryl/α,β-unsaturated/α-hetero) is 1. The van der Waals surface area contributed by atoms with Crippen LogP contribution in [0.15, 0.2) is 24.3 Å². The lowest BCUT2D eigenvalue weighted by Gasteiger charge is -2.19. The van der Waals surface area contributed by atoms with E-state index in [1.54, 1.807) is 12.1 Å². The second-order valence-corrected chi connectivity index (χ2v) is 4.39. The first-order valence-corrected chi connectivity index (χ1v) is 5.74. The molecule has 0 saturated carbocycles. The third-order valence-electron chi connectivity index (χ3n) is 2.83. The Kier molecular flexibility index (Phi) is 4.37. The van der Waals surface area contributed by atoms with E-state index < -0.39 is 4.92 Å². The van der Waals surface area contributed by atoms with Crippen LogP contribution in [0.2, 0.25) is 0 Å². The summed E-state index contributed by atoms with van der Waals surface area (Å²) in [4.78, 5) is 21.9. The highest BCUT2D eigenvalue weighted by Gasteiger charge is 2.22. The van der Waals surface area contributed by atoms with Gasteiger partial charge in [0.15, 0.2) is 0 Å². The second-order valence-electron chi connectivity index (χ2n) is 4.39. The number of rotatable bonds is 5. The van der Waals surface area contributed by atoms with Gasteiger partial charge in [0.1, 0.15) is 5.78 Å². The molecule has 17 heavy (non-hydrogen) atoms. The molecule has 0 aliphatic heterocycles. The highest BCUT2D eigenvalue weighted by molar-refractivity contribution is 5.85. The molecule has 0 amide bonds. The lowest BCUT2D eigenvalue weighted by Crippen LogP contribution is -2.17. The van der Waals surface area contributed by atoms with Gasteiger partial charge in [-0.2, -0.15) is 0 Å². The minimum Gasteiger partial charge on any atom is -0.299 e. The van der Waals surface area contributed by atoms with Gasteiger partial charge in [0.05, 0.1) is 4.92 Å². The van der Waals surface area contributed by atoms with Crippen molar-refractivity contribution < 1.29 is 9.72 Å². The molecule has 0 heterocycles. The van der Waals surface area contributed by atoms with Gasteiger partial charge in [-0.15, -0.1) is 0 Å². The Balaban J connectivity index is 3.03. The summed E-state index contributed by atoms with van der Waals surface area (Å²) in [5, 5.41) is 10.5. The number of nitro groups is 1. The molecule has 0 N–H and O–H groups in total. The van der Waals surface area contributed by atoms with Gasteiger partial charge in [0, 0.05) is 24.5 Å². The molecular weight excluding hydrogens is 218 g/mol. The fourth-order valence-corrected chi connectivity index (χ4v) is 1.97. The smallest absolute Gasteiger partial charge is 0.269 e. The van der Waals surface area contributed by atoms with Crippen LogP contribution in [0.5, 0.6) is 0 Å². The van der Waals surface area contributed by atoms with E-state index in [0.717, 1.165) is 5.56 Å². The van der Waals surface area contributed by atoms with Gasteiger partial charge < -0.3 is 0 Å². The Labute approximate surface area is 101 Å². The highest BCUT2D eigenvalue weighted by atomic mass is 16.6. The summed E-state index contributed by atoms with van der Waals surface area (Å²) in [5.74, 6) is 0.207. The van der Waals surface area contributed by atoms with Crippen molar-refractivity contribution in [3.05, 3.63) is 39.9 Å².